The van der Waals surface area contributed by atoms with Crippen molar-refractivity contribution >= 4 is 11.1 Å². The van der Waals surface area contributed by atoms with Gasteiger partial charge in [-0.1, -0.05) is 0 Å². The molecule has 0 radical (unpaired) electrons. The van der Waals surface area contributed by atoms with Crippen LogP contribution in [-0.2, 0) is 0 Å². The van der Waals surface area contributed by atoms with Crippen molar-refractivity contribution in [3.63, 3.8) is 0 Å². The molecule has 0 aliphatic rings. The van der Waals surface area contributed by atoms with Crippen LogP contribution in [0.1, 0.15) is 0 Å². The van der Waals surface area contributed by atoms with Gasteiger partial charge in [0.05, 0.1) is 5.39 Å². The molecule has 0 amide bonds. The van der Waals surface area contributed by atoms with Crippen molar-refractivity contribution in [3.05, 3.63) is 58.9 Å². The molecule has 3 rings (SSSR count). The smallest absolute Gasteiger partial charge is 0.230 e. The fraction of sp³-hybridized carbons (Fsp3) is 0.222. The summed E-state index contributed by atoms with van der Waals surface area (Å²) in [7, 11) is 4.00. The van der Waals surface area contributed by atoms with Gasteiger partial charge in [-0.3, -0.25) is 4.79 Å². The highest BCUT2D eigenvalue weighted by Crippen LogP contribution is 2.23. The van der Waals surface area contributed by atoms with Crippen molar-refractivity contribution < 1.29 is 9.15 Å². The van der Waals surface area contributed by atoms with Crippen LogP contribution in [0.2, 0.25) is 0 Å². The molecule has 5 nitrogen and oxygen atoms in total. The topological polar surface area (TPSA) is 55.6 Å². The van der Waals surface area contributed by atoms with E-state index >= 15 is 0 Å². The van der Waals surface area contributed by atoms with E-state index in [2.05, 4.69) is 9.88 Å². The van der Waals surface area contributed by atoms with Crippen molar-refractivity contribution in [2.45, 2.75) is 0 Å². The number of hydrogen-bond acceptors (Lipinski definition) is 5. The number of pyridine rings is 1. The molecule has 0 spiro atoms. The minimum absolute atomic E-state index is 0.0966. The molecule has 1 aromatic carbocycles. The van der Waals surface area contributed by atoms with Crippen molar-refractivity contribution in [1.82, 2.24) is 9.88 Å². The predicted molar refractivity (Wildman–Crippen MR) is 89.8 cm³/mol. The summed E-state index contributed by atoms with van der Waals surface area (Å²) in [4.78, 5) is 18.3. The highest BCUT2D eigenvalue weighted by Gasteiger charge is 2.07. The second-order valence-corrected chi connectivity index (χ2v) is 5.51. The van der Waals surface area contributed by atoms with Gasteiger partial charge in [-0.05, 0) is 50.5 Å². The zero-order chi connectivity index (χ0) is 16.2. The van der Waals surface area contributed by atoms with Gasteiger partial charge in [-0.2, -0.15) is 0 Å². The molecule has 0 aliphatic carbocycles. The van der Waals surface area contributed by atoms with Crippen LogP contribution in [0.4, 0.5) is 0 Å². The quantitative estimate of drug-likeness (QED) is 0.725. The molecule has 5 heteroatoms. The van der Waals surface area contributed by atoms with Crippen molar-refractivity contribution in [2.24, 2.45) is 0 Å². The Kier molecular flexibility index (Phi) is 4.39. The van der Waals surface area contributed by atoms with Gasteiger partial charge in [0, 0.05) is 24.4 Å². The summed E-state index contributed by atoms with van der Waals surface area (Å²) in [5.74, 6) is 1.29. The number of nitrogens with zero attached hydrogens (tertiary/aromatic N) is 2. The first-order valence-electron chi connectivity index (χ1n) is 7.40. The normalized spacial score (nSPS) is 11.1. The number of fused-ring (bicyclic) bond motifs is 1. The highest BCUT2D eigenvalue weighted by atomic mass is 16.5. The number of rotatable bonds is 5. The molecule has 0 N–H and O–H groups in total. The van der Waals surface area contributed by atoms with Gasteiger partial charge >= 0.3 is 0 Å². The first-order chi connectivity index (χ1) is 11.1. The Bertz CT molecular complexity index is 854. The molecule has 0 unspecified atom stereocenters. The van der Waals surface area contributed by atoms with E-state index in [0.717, 1.165) is 17.9 Å². The molecule has 118 valence electrons. The fourth-order valence-corrected chi connectivity index (χ4v) is 2.19. The Morgan fingerprint density at radius 3 is 2.70 bits per heavy atom. The molecule has 0 aliphatic heterocycles. The molecular formula is C18H18N2O3. The lowest BCUT2D eigenvalue weighted by Crippen LogP contribution is -2.19. The van der Waals surface area contributed by atoms with Crippen molar-refractivity contribution in [2.75, 3.05) is 27.2 Å². The third kappa shape index (κ3) is 3.57. The van der Waals surface area contributed by atoms with E-state index in [1.807, 2.05) is 38.4 Å². The summed E-state index contributed by atoms with van der Waals surface area (Å²) in [6.45, 7) is 1.48. The maximum Gasteiger partial charge on any atom is 0.230 e. The van der Waals surface area contributed by atoms with Crippen LogP contribution in [-0.4, -0.2) is 37.1 Å². The summed E-state index contributed by atoms with van der Waals surface area (Å²) < 4.78 is 11.4. The molecule has 2 aromatic heterocycles. The number of ether oxygens (including phenoxy) is 1. The van der Waals surface area contributed by atoms with Crippen molar-refractivity contribution in [1.29, 1.82) is 0 Å². The van der Waals surface area contributed by atoms with Gasteiger partial charge in [0.1, 0.15) is 18.1 Å². The molecular weight excluding hydrogens is 292 g/mol. The van der Waals surface area contributed by atoms with Crippen LogP contribution in [0.5, 0.6) is 5.75 Å². The van der Waals surface area contributed by atoms with E-state index in [0.29, 0.717) is 23.5 Å². The average molecular weight is 310 g/mol. The first-order valence-corrected chi connectivity index (χ1v) is 7.40. The lowest BCUT2D eigenvalue weighted by molar-refractivity contribution is 0.261. The Morgan fingerprint density at radius 1 is 1.17 bits per heavy atom. The number of hydrogen-bond donors (Lipinski definition) is 0. The maximum atomic E-state index is 12.1. The van der Waals surface area contributed by atoms with E-state index < -0.39 is 0 Å². The maximum absolute atomic E-state index is 12.1. The SMILES string of the molecule is CN(C)CCOc1ccc(-c2cc(=O)c3cccnc3o2)cc1. The Labute approximate surface area is 134 Å². The van der Waals surface area contributed by atoms with Crippen LogP contribution in [0, 0.1) is 0 Å². The number of likely N-dealkylation sites (N-methyl/N-ethyl adjacent to an activating group) is 1. The molecule has 0 saturated carbocycles. The Hall–Kier alpha value is -2.66. The zero-order valence-electron chi connectivity index (χ0n) is 13.2. The molecule has 3 aromatic rings. The fourth-order valence-electron chi connectivity index (χ4n) is 2.19. The van der Waals surface area contributed by atoms with Crippen LogP contribution >= 0.6 is 0 Å². The van der Waals surface area contributed by atoms with Crippen LogP contribution < -0.4 is 10.2 Å². The standard InChI is InChI=1S/C18H18N2O3/c1-20(2)10-11-22-14-7-5-13(6-8-14)17-12-16(21)15-4-3-9-19-18(15)23-17/h3-9,12H,10-11H2,1-2H3. The highest BCUT2D eigenvalue weighted by molar-refractivity contribution is 5.75. The second-order valence-electron chi connectivity index (χ2n) is 5.51. The first kappa shape index (κ1) is 15.2. The lowest BCUT2D eigenvalue weighted by Gasteiger charge is -2.11. The van der Waals surface area contributed by atoms with Gasteiger partial charge in [0.25, 0.3) is 0 Å². The number of aromatic nitrogens is 1. The monoisotopic (exact) mass is 310 g/mol. The molecule has 0 fully saturated rings. The van der Waals surface area contributed by atoms with Gasteiger partial charge < -0.3 is 14.1 Å². The summed E-state index contributed by atoms with van der Waals surface area (Å²) in [5, 5.41) is 0.486. The Morgan fingerprint density at radius 2 is 1.96 bits per heavy atom. The summed E-state index contributed by atoms with van der Waals surface area (Å²) in [6, 6.07) is 12.4. The van der Waals surface area contributed by atoms with Gasteiger partial charge in [-0.25, -0.2) is 4.98 Å². The van der Waals surface area contributed by atoms with Gasteiger partial charge in [-0.15, -0.1) is 0 Å². The van der Waals surface area contributed by atoms with Crippen LogP contribution in [0.15, 0.2) is 57.9 Å². The molecule has 0 atom stereocenters. The lowest BCUT2D eigenvalue weighted by atomic mass is 10.1. The average Bonchev–Trinajstić information content (AvgIpc) is 2.55. The Balaban J connectivity index is 1.83. The van der Waals surface area contributed by atoms with E-state index in [4.69, 9.17) is 9.15 Å². The minimum atomic E-state index is -0.0966. The number of benzene rings is 1. The molecule has 0 saturated heterocycles. The third-order valence-corrected chi connectivity index (χ3v) is 3.45. The van der Waals surface area contributed by atoms with Crippen LogP contribution in [0.25, 0.3) is 22.4 Å². The van der Waals surface area contributed by atoms with Gasteiger partial charge in [0.2, 0.25) is 5.71 Å². The minimum Gasteiger partial charge on any atom is -0.492 e. The van der Waals surface area contributed by atoms with Gasteiger partial charge in [0.15, 0.2) is 5.43 Å². The second kappa shape index (κ2) is 6.62. The van der Waals surface area contributed by atoms with Crippen molar-refractivity contribution in [3.8, 4) is 17.1 Å². The van der Waals surface area contributed by atoms with E-state index in [9.17, 15) is 4.79 Å². The van der Waals surface area contributed by atoms with E-state index in [1.165, 1.54) is 6.07 Å². The predicted octanol–water partition coefficient (Wildman–Crippen LogP) is 2.80. The summed E-state index contributed by atoms with van der Waals surface area (Å²) in [6.07, 6.45) is 1.61. The largest absolute Gasteiger partial charge is 0.492 e. The molecule has 0 bridgehead atoms. The van der Waals surface area contributed by atoms with Crippen LogP contribution in [0.3, 0.4) is 0 Å². The molecule has 23 heavy (non-hydrogen) atoms. The van der Waals surface area contributed by atoms with E-state index in [-0.39, 0.29) is 5.43 Å². The summed E-state index contributed by atoms with van der Waals surface area (Å²) in [5.41, 5.74) is 1.07. The zero-order valence-corrected chi connectivity index (χ0v) is 13.2. The van der Waals surface area contributed by atoms with E-state index in [1.54, 1.807) is 18.3 Å². The summed E-state index contributed by atoms with van der Waals surface area (Å²) >= 11 is 0. The third-order valence-electron chi connectivity index (χ3n) is 3.45. The molecule has 2 heterocycles.